The first kappa shape index (κ1) is 22.1. The largest absolute Gasteiger partial charge is 0.487 e. The van der Waals surface area contributed by atoms with E-state index in [9.17, 15) is 13.2 Å². The molecular formula is C25H28F3N3O2. The van der Waals surface area contributed by atoms with Gasteiger partial charge in [0.15, 0.2) is 0 Å². The average molecular weight is 460 g/mol. The van der Waals surface area contributed by atoms with Crippen molar-refractivity contribution >= 4 is 17.1 Å². The number of fused-ring (bicyclic) bond motifs is 2. The van der Waals surface area contributed by atoms with Crippen LogP contribution in [0.4, 0.5) is 24.5 Å². The van der Waals surface area contributed by atoms with E-state index in [2.05, 4.69) is 10.1 Å². The van der Waals surface area contributed by atoms with Crippen molar-refractivity contribution in [2.24, 2.45) is 5.16 Å². The fourth-order valence-corrected chi connectivity index (χ4v) is 4.89. The summed E-state index contributed by atoms with van der Waals surface area (Å²) in [5.74, 6) is 0.458. The molecule has 0 aliphatic carbocycles. The third-order valence-electron chi connectivity index (χ3n) is 6.61. The second-order valence-electron chi connectivity index (χ2n) is 8.81. The van der Waals surface area contributed by atoms with Gasteiger partial charge in [-0.2, -0.15) is 13.2 Å². The summed E-state index contributed by atoms with van der Waals surface area (Å²) in [6.07, 6.45) is 1.24. The smallest absolute Gasteiger partial charge is 0.416 e. The third-order valence-corrected chi connectivity index (χ3v) is 6.61. The van der Waals surface area contributed by atoms with Gasteiger partial charge >= 0.3 is 6.18 Å². The molecule has 0 atom stereocenters. The summed E-state index contributed by atoms with van der Waals surface area (Å²) in [7, 11) is 0. The normalized spacial score (nSPS) is 19.8. The Morgan fingerprint density at radius 3 is 2.61 bits per heavy atom. The molecule has 3 aliphatic rings. The number of ether oxygens (including phenoxy) is 1. The van der Waals surface area contributed by atoms with Crippen LogP contribution in [0.2, 0.25) is 0 Å². The molecular weight excluding hydrogens is 431 g/mol. The predicted octanol–water partition coefficient (Wildman–Crippen LogP) is 5.74. The molecule has 3 aliphatic heterocycles. The summed E-state index contributed by atoms with van der Waals surface area (Å²) in [5.41, 5.74) is 3.27. The lowest BCUT2D eigenvalue weighted by Crippen LogP contribution is -2.30. The molecule has 1 fully saturated rings. The Morgan fingerprint density at radius 1 is 1.00 bits per heavy atom. The highest BCUT2D eigenvalue weighted by atomic mass is 19.4. The number of rotatable bonds is 4. The number of benzene rings is 2. The molecule has 2 aromatic carbocycles. The zero-order valence-electron chi connectivity index (χ0n) is 18.5. The molecule has 0 amide bonds. The van der Waals surface area contributed by atoms with Gasteiger partial charge in [-0.1, -0.05) is 36.2 Å². The van der Waals surface area contributed by atoms with E-state index in [0.717, 1.165) is 48.2 Å². The average Bonchev–Trinajstić information content (AvgIpc) is 3.16. The van der Waals surface area contributed by atoms with E-state index in [0.29, 0.717) is 37.6 Å². The highest BCUT2D eigenvalue weighted by Crippen LogP contribution is 2.45. The van der Waals surface area contributed by atoms with Gasteiger partial charge in [-0.3, -0.25) is 4.90 Å². The van der Waals surface area contributed by atoms with Crippen LogP contribution in [0.5, 0.6) is 5.75 Å². The summed E-state index contributed by atoms with van der Waals surface area (Å²) in [5, 5.41) is 4.45. The minimum atomic E-state index is -4.41. The number of nitrogens with zero attached hydrogens (tertiary/aromatic N) is 3. The fourth-order valence-electron chi connectivity index (χ4n) is 4.89. The van der Waals surface area contributed by atoms with Crippen molar-refractivity contribution in [1.82, 2.24) is 4.90 Å². The maximum Gasteiger partial charge on any atom is 0.416 e. The molecule has 0 aromatic heterocycles. The van der Waals surface area contributed by atoms with E-state index in [-0.39, 0.29) is 0 Å². The molecule has 1 saturated heterocycles. The molecule has 0 saturated carbocycles. The lowest BCUT2D eigenvalue weighted by molar-refractivity contribution is -0.137. The second kappa shape index (κ2) is 9.25. The highest BCUT2D eigenvalue weighted by Gasteiger charge is 2.35. The van der Waals surface area contributed by atoms with Crippen molar-refractivity contribution in [3.05, 3.63) is 53.1 Å². The Bertz CT molecular complexity index is 1030. The Morgan fingerprint density at radius 2 is 1.82 bits per heavy atom. The molecule has 0 radical (unpaired) electrons. The standard InChI is InChI=1S/C25H28F3N3O2/c26-25(27,28)19-8-9-23-22(16-19)31-13-10-21(20-7-5-6-18(17-32-23)24(20)31)29-33-15-14-30-11-3-1-2-4-12-30/h5-9,16H,1-4,10-15,17H2/b29-21-. The van der Waals surface area contributed by atoms with Crippen molar-refractivity contribution in [3.63, 3.8) is 0 Å². The minimum Gasteiger partial charge on any atom is -0.487 e. The van der Waals surface area contributed by atoms with Gasteiger partial charge in [-0.15, -0.1) is 0 Å². The maximum atomic E-state index is 13.4. The fraction of sp³-hybridized carbons (Fsp3) is 0.480. The van der Waals surface area contributed by atoms with Crippen molar-refractivity contribution in [2.45, 2.75) is 44.9 Å². The molecule has 33 heavy (non-hydrogen) atoms. The first-order chi connectivity index (χ1) is 16.0. The number of halogens is 3. The lowest BCUT2D eigenvalue weighted by atomic mass is 9.95. The number of hydrogen-bond acceptors (Lipinski definition) is 5. The van der Waals surface area contributed by atoms with Gasteiger partial charge in [0.25, 0.3) is 0 Å². The van der Waals surface area contributed by atoms with Gasteiger partial charge in [-0.25, -0.2) is 0 Å². The van der Waals surface area contributed by atoms with Gasteiger partial charge < -0.3 is 14.5 Å². The number of para-hydroxylation sites is 1. The predicted molar refractivity (Wildman–Crippen MR) is 121 cm³/mol. The van der Waals surface area contributed by atoms with E-state index < -0.39 is 11.7 Å². The summed E-state index contributed by atoms with van der Waals surface area (Å²) >= 11 is 0. The molecule has 5 rings (SSSR count). The zero-order chi connectivity index (χ0) is 22.8. The summed E-state index contributed by atoms with van der Waals surface area (Å²) in [4.78, 5) is 10.1. The van der Waals surface area contributed by atoms with Crippen LogP contribution < -0.4 is 9.64 Å². The van der Waals surface area contributed by atoms with Crippen molar-refractivity contribution in [2.75, 3.05) is 37.7 Å². The van der Waals surface area contributed by atoms with Crippen LogP contribution in [0.1, 0.15) is 48.8 Å². The first-order valence-electron chi connectivity index (χ1n) is 11.7. The van der Waals surface area contributed by atoms with Crippen LogP contribution in [0.25, 0.3) is 0 Å². The maximum absolute atomic E-state index is 13.4. The van der Waals surface area contributed by atoms with Crippen LogP contribution in [0.15, 0.2) is 41.6 Å². The van der Waals surface area contributed by atoms with Gasteiger partial charge in [0, 0.05) is 30.6 Å². The highest BCUT2D eigenvalue weighted by molar-refractivity contribution is 6.08. The molecule has 3 heterocycles. The number of oxime groups is 1. The third kappa shape index (κ3) is 4.67. The summed E-state index contributed by atoms with van der Waals surface area (Å²) in [6.45, 7) is 4.41. The van der Waals surface area contributed by atoms with Crippen molar-refractivity contribution < 1.29 is 22.7 Å². The number of hydrogen-bond donors (Lipinski definition) is 0. The minimum absolute atomic E-state index is 0.293. The number of alkyl halides is 3. The Labute approximate surface area is 191 Å². The lowest BCUT2D eigenvalue weighted by Gasteiger charge is -2.32. The van der Waals surface area contributed by atoms with E-state index in [4.69, 9.17) is 9.57 Å². The SMILES string of the molecule is FC(F)(F)c1ccc2c(c1)N1CC/C(=N/OCCN3CCCCCC3)c3cccc(c31)CO2. The zero-order valence-corrected chi connectivity index (χ0v) is 18.5. The topological polar surface area (TPSA) is 37.3 Å². The quantitative estimate of drug-likeness (QED) is 0.432. The van der Waals surface area contributed by atoms with E-state index >= 15 is 0 Å². The van der Waals surface area contributed by atoms with Crippen LogP contribution >= 0.6 is 0 Å². The molecule has 0 N–H and O–H groups in total. The Hall–Kier alpha value is -2.74. The van der Waals surface area contributed by atoms with Crippen molar-refractivity contribution in [3.8, 4) is 5.75 Å². The molecule has 0 bridgehead atoms. The molecule has 0 unspecified atom stereocenters. The summed E-state index contributed by atoms with van der Waals surface area (Å²) < 4.78 is 46.0. The summed E-state index contributed by atoms with van der Waals surface area (Å²) in [6, 6.07) is 9.52. The monoisotopic (exact) mass is 459 g/mol. The Kier molecular flexibility index (Phi) is 6.19. The molecule has 2 aromatic rings. The molecule has 8 heteroatoms. The number of anilines is 2. The van der Waals surface area contributed by atoms with Crippen LogP contribution in [0, 0.1) is 0 Å². The van der Waals surface area contributed by atoms with E-state index in [1.807, 2.05) is 23.1 Å². The van der Waals surface area contributed by atoms with Gasteiger partial charge in [0.05, 0.1) is 22.6 Å². The van der Waals surface area contributed by atoms with E-state index in [1.165, 1.54) is 37.8 Å². The van der Waals surface area contributed by atoms with Crippen molar-refractivity contribution in [1.29, 1.82) is 0 Å². The first-order valence-corrected chi connectivity index (χ1v) is 11.7. The molecule has 5 nitrogen and oxygen atoms in total. The van der Waals surface area contributed by atoms with Gasteiger partial charge in [-0.05, 0) is 44.1 Å². The van der Waals surface area contributed by atoms with Crippen LogP contribution in [-0.4, -0.2) is 43.4 Å². The Balaban J connectivity index is 1.38. The van der Waals surface area contributed by atoms with Gasteiger partial charge in [0.2, 0.25) is 0 Å². The van der Waals surface area contributed by atoms with Gasteiger partial charge in [0.1, 0.15) is 19.0 Å². The van der Waals surface area contributed by atoms with Crippen LogP contribution in [0.3, 0.4) is 0 Å². The van der Waals surface area contributed by atoms with E-state index in [1.54, 1.807) is 0 Å². The number of likely N-dealkylation sites (tertiary alicyclic amines) is 1. The molecule has 0 spiro atoms. The van der Waals surface area contributed by atoms with Crippen LogP contribution in [-0.2, 0) is 17.6 Å². The molecule has 176 valence electrons. The second-order valence-corrected chi connectivity index (χ2v) is 8.81.